The van der Waals surface area contributed by atoms with Crippen molar-refractivity contribution in [3.63, 3.8) is 0 Å². The minimum absolute atomic E-state index is 0.0811. The van der Waals surface area contributed by atoms with Gasteiger partial charge in [-0.05, 0) is 11.8 Å². The average Bonchev–Trinajstić information content (AvgIpc) is 2.78. The lowest BCUT2D eigenvalue weighted by Gasteiger charge is -2.44. The summed E-state index contributed by atoms with van der Waals surface area (Å²) >= 11 is 0. The summed E-state index contributed by atoms with van der Waals surface area (Å²) in [5.41, 5.74) is -0.573. The number of ketones is 1. The van der Waals surface area contributed by atoms with Gasteiger partial charge in [-0.2, -0.15) is 0 Å². The molecule has 3 aliphatic rings. The molecule has 1 heterocycles. The largest absolute Gasteiger partial charge is 0.394 e. The molecule has 3 rings (SSSR count). The third-order valence-corrected chi connectivity index (χ3v) is 6.58. The smallest absolute Gasteiger partial charge is 0.186 e. The topological polar surface area (TPSA) is 116 Å². The maximum absolute atomic E-state index is 12.1. The van der Waals surface area contributed by atoms with E-state index in [-0.39, 0.29) is 28.6 Å². The van der Waals surface area contributed by atoms with Crippen molar-refractivity contribution in [3.05, 3.63) is 0 Å². The van der Waals surface area contributed by atoms with Crippen LogP contribution in [0.4, 0.5) is 0 Å². The summed E-state index contributed by atoms with van der Waals surface area (Å²) < 4.78 is 11.4. The highest BCUT2D eigenvalue weighted by atomic mass is 16.7. The van der Waals surface area contributed by atoms with Gasteiger partial charge in [0.25, 0.3) is 0 Å². The molecular weight excluding hydrogens is 304 g/mol. The number of aliphatic hydroxyl groups is 4. The number of fused-ring (bicyclic) bond motifs is 2. The van der Waals surface area contributed by atoms with Crippen LogP contribution in [0.25, 0.3) is 0 Å². The van der Waals surface area contributed by atoms with Gasteiger partial charge in [0.2, 0.25) is 0 Å². The van der Waals surface area contributed by atoms with Gasteiger partial charge in [-0.15, -0.1) is 0 Å². The Morgan fingerprint density at radius 2 is 1.83 bits per heavy atom. The molecule has 2 aliphatic carbocycles. The molecule has 3 fully saturated rings. The van der Waals surface area contributed by atoms with Crippen molar-refractivity contribution < 1.29 is 34.7 Å². The van der Waals surface area contributed by atoms with Crippen molar-refractivity contribution in [1.29, 1.82) is 0 Å². The van der Waals surface area contributed by atoms with E-state index in [9.17, 15) is 25.2 Å². The molecule has 0 aromatic rings. The lowest BCUT2D eigenvalue weighted by atomic mass is 9.70. The molecule has 7 heteroatoms. The van der Waals surface area contributed by atoms with Gasteiger partial charge in [0.15, 0.2) is 6.29 Å². The Labute approximate surface area is 135 Å². The van der Waals surface area contributed by atoms with Gasteiger partial charge in [0.05, 0.1) is 12.7 Å². The van der Waals surface area contributed by atoms with E-state index >= 15 is 0 Å². The second-order valence-corrected chi connectivity index (χ2v) is 7.89. The van der Waals surface area contributed by atoms with Gasteiger partial charge in [-0.3, -0.25) is 4.79 Å². The summed E-state index contributed by atoms with van der Waals surface area (Å²) in [7, 11) is 0. The highest BCUT2D eigenvalue weighted by molar-refractivity contribution is 5.87. The molecule has 2 saturated carbocycles. The molecule has 0 spiro atoms. The van der Waals surface area contributed by atoms with Crippen LogP contribution in [-0.2, 0) is 14.3 Å². The quantitative estimate of drug-likeness (QED) is 0.535. The fourth-order valence-corrected chi connectivity index (χ4v) is 4.49. The third-order valence-electron chi connectivity index (χ3n) is 6.58. The zero-order valence-electron chi connectivity index (χ0n) is 13.7. The molecule has 7 nitrogen and oxygen atoms in total. The lowest BCUT2D eigenvalue weighted by Crippen LogP contribution is -2.60. The molecule has 0 aromatic heterocycles. The van der Waals surface area contributed by atoms with Crippen LogP contribution >= 0.6 is 0 Å². The third kappa shape index (κ3) is 2.29. The maximum Gasteiger partial charge on any atom is 0.186 e. The first-order valence-electron chi connectivity index (χ1n) is 8.12. The normalized spacial score (nSPS) is 52.1. The first-order chi connectivity index (χ1) is 10.6. The van der Waals surface area contributed by atoms with Gasteiger partial charge in [-0.1, -0.05) is 20.8 Å². The van der Waals surface area contributed by atoms with Gasteiger partial charge in [0.1, 0.15) is 30.2 Å². The number of rotatable bonds is 3. The van der Waals surface area contributed by atoms with E-state index < -0.39 is 37.3 Å². The zero-order chi connectivity index (χ0) is 17.2. The summed E-state index contributed by atoms with van der Waals surface area (Å²) in [6.07, 6.45) is -5.70. The first kappa shape index (κ1) is 17.3. The van der Waals surface area contributed by atoms with E-state index in [4.69, 9.17) is 9.47 Å². The zero-order valence-corrected chi connectivity index (χ0v) is 13.7. The van der Waals surface area contributed by atoms with Crippen molar-refractivity contribution in [2.45, 2.75) is 70.4 Å². The average molecular weight is 330 g/mol. The van der Waals surface area contributed by atoms with Crippen LogP contribution in [0.3, 0.4) is 0 Å². The molecule has 0 aromatic carbocycles. The standard InChI is InChI=1S/C16H26O7/c1-15(2)7-4-10(16(15,3)5-8(7)18)23-14-13(21)12(20)11(19)9(6-17)22-14/h7,9-14,17,19-21H,4-6H2,1-3H3. The molecule has 0 amide bonds. The summed E-state index contributed by atoms with van der Waals surface area (Å²) in [4.78, 5) is 12.1. The lowest BCUT2D eigenvalue weighted by molar-refractivity contribution is -0.319. The summed E-state index contributed by atoms with van der Waals surface area (Å²) in [6.45, 7) is 5.63. The molecule has 2 bridgehead atoms. The van der Waals surface area contributed by atoms with E-state index in [0.717, 1.165) is 0 Å². The number of aliphatic hydroxyl groups excluding tert-OH is 4. The number of carbonyl (C=O) groups is 1. The van der Waals surface area contributed by atoms with E-state index in [0.29, 0.717) is 12.8 Å². The van der Waals surface area contributed by atoms with Crippen molar-refractivity contribution in [1.82, 2.24) is 0 Å². The minimum atomic E-state index is -1.45. The Bertz CT molecular complexity index is 491. The van der Waals surface area contributed by atoms with Crippen molar-refractivity contribution in [2.75, 3.05) is 6.61 Å². The van der Waals surface area contributed by atoms with Gasteiger partial charge in [0, 0.05) is 17.8 Å². The Morgan fingerprint density at radius 1 is 1.17 bits per heavy atom. The Hall–Kier alpha value is -0.570. The predicted molar refractivity (Wildman–Crippen MR) is 78.3 cm³/mol. The monoisotopic (exact) mass is 330 g/mol. The van der Waals surface area contributed by atoms with Crippen molar-refractivity contribution in [2.24, 2.45) is 16.7 Å². The van der Waals surface area contributed by atoms with E-state index in [1.165, 1.54) is 0 Å². The molecule has 23 heavy (non-hydrogen) atoms. The van der Waals surface area contributed by atoms with Crippen LogP contribution in [0, 0.1) is 16.7 Å². The molecule has 132 valence electrons. The van der Waals surface area contributed by atoms with Gasteiger partial charge in [-0.25, -0.2) is 0 Å². The Kier molecular flexibility index (Phi) is 4.11. The van der Waals surface area contributed by atoms with Crippen LogP contribution in [0.1, 0.15) is 33.6 Å². The number of ether oxygens (including phenoxy) is 2. The summed E-state index contributed by atoms with van der Waals surface area (Å²) in [6, 6.07) is 0. The Balaban J connectivity index is 1.77. The number of Topliss-reactive ketones (excluding diaryl/α,β-unsaturated/α-hetero) is 1. The summed E-state index contributed by atoms with van der Waals surface area (Å²) in [5, 5.41) is 39.0. The van der Waals surface area contributed by atoms with E-state index in [1.807, 2.05) is 6.92 Å². The number of carbonyl (C=O) groups excluding carboxylic acids is 1. The molecular formula is C16H26O7. The highest BCUT2D eigenvalue weighted by Gasteiger charge is 2.66. The SMILES string of the molecule is CC1(C)C2CC(OC3OC(CO)C(O)C(O)C3O)C1(C)CC2=O. The van der Waals surface area contributed by atoms with Gasteiger partial charge < -0.3 is 29.9 Å². The number of hydrogen-bond acceptors (Lipinski definition) is 7. The fraction of sp³-hybridized carbons (Fsp3) is 0.938. The van der Waals surface area contributed by atoms with Crippen LogP contribution in [0.2, 0.25) is 0 Å². The fourth-order valence-electron chi connectivity index (χ4n) is 4.49. The molecule has 8 unspecified atom stereocenters. The van der Waals surface area contributed by atoms with E-state index in [1.54, 1.807) is 0 Å². The van der Waals surface area contributed by atoms with E-state index in [2.05, 4.69) is 13.8 Å². The predicted octanol–water partition coefficient (Wildman–Crippen LogP) is -0.803. The molecule has 8 atom stereocenters. The second-order valence-electron chi connectivity index (χ2n) is 7.89. The number of hydrogen-bond donors (Lipinski definition) is 4. The Morgan fingerprint density at radius 3 is 2.30 bits per heavy atom. The maximum atomic E-state index is 12.1. The minimum Gasteiger partial charge on any atom is -0.394 e. The molecule has 0 radical (unpaired) electrons. The summed E-state index contributed by atoms with van der Waals surface area (Å²) in [5.74, 6) is 0.161. The molecule has 1 aliphatic heterocycles. The first-order valence-corrected chi connectivity index (χ1v) is 8.12. The van der Waals surface area contributed by atoms with Crippen LogP contribution in [0.15, 0.2) is 0 Å². The molecule has 1 saturated heterocycles. The van der Waals surface area contributed by atoms with Crippen LogP contribution in [0.5, 0.6) is 0 Å². The van der Waals surface area contributed by atoms with Crippen LogP contribution in [-0.4, -0.2) is 69.6 Å². The molecule has 4 N–H and O–H groups in total. The van der Waals surface area contributed by atoms with Crippen molar-refractivity contribution >= 4 is 5.78 Å². The second kappa shape index (κ2) is 5.47. The highest BCUT2D eigenvalue weighted by Crippen LogP contribution is 2.65. The van der Waals surface area contributed by atoms with Crippen LogP contribution < -0.4 is 0 Å². The van der Waals surface area contributed by atoms with Crippen molar-refractivity contribution in [3.8, 4) is 0 Å². The van der Waals surface area contributed by atoms with Gasteiger partial charge >= 0.3 is 0 Å².